The molecule has 1 saturated heterocycles. The molecule has 1 aliphatic rings. The molecule has 1 amide bonds. The van der Waals surface area contributed by atoms with Gasteiger partial charge < -0.3 is 4.90 Å². The topological polar surface area (TPSA) is 46.1 Å². The summed E-state index contributed by atoms with van der Waals surface area (Å²) in [5, 5.41) is 0.208. The summed E-state index contributed by atoms with van der Waals surface area (Å²) in [6.07, 6.45) is 7.04. The van der Waals surface area contributed by atoms with Crippen molar-refractivity contribution in [2.24, 2.45) is 5.92 Å². The average molecular weight is 256 g/mol. The Balaban J connectivity index is 2.32. The minimum absolute atomic E-state index is 0.0499. The summed E-state index contributed by atoms with van der Waals surface area (Å²) in [5.41, 5.74) is 0.453. The van der Waals surface area contributed by atoms with E-state index in [4.69, 9.17) is 29.6 Å². The Labute approximate surface area is 103 Å². The van der Waals surface area contributed by atoms with Crippen molar-refractivity contribution >= 4 is 34.8 Å². The van der Waals surface area contributed by atoms with Crippen LogP contribution in [0, 0.1) is 18.3 Å². The van der Waals surface area contributed by atoms with Crippen LogP contribution in [0.5, 0.6) is 0 Å². The summed E-state index contributed by atoms with van der Waals surface area (Å²) in [6.45, 7) is 0.444. The quantitative estimate of drug-likeness (QED) is 0.437. The Morgan fingerprint density at radius 1 is 1.56 bits per heavy atom. The summed E-state index contributed by atoms with van der Waals surface area (Å²) < 4.78 is 0. The van der Waals surface area contributed by atoms with E-state index in [1.807, 2.05) is 0 Å². The number of hydrogen-bond acceptors (Lipinski definition) is 3. The van der Waals surface area contributed by atoms with E-state index in [-0.39, 0.29) is 22.3 Å². The number of terminal acetylenes is 1. The van der Waals surface area contributed by atoms with Crippen LogP contribution in [-0.2, 0) is 4.79 Å². The van der Waals surface area contributed by atoms with Gasteiger partial charge in [-0.25, -0.2) is 9.97 Å². The summed E-state index contributed by atoms with van der Waals surface area (Å²) in [4.78, 5) is 20.7. The fraction of sp³-hybridized carbons (Fsp3) is 0.300. The number of anilines is 1. The van der Waals surface area contributed by atoms with Gasteiger partial charge in [0.25, 0.3) is 0 Å². The molecule has 1 aromatic heterocycles. The monoisotopic (exact) mass is 255 g/mol. The predicted octanol–water partition coefficient (Wildman–Crippen LogP) is 1.77. The number of carbonyl (C=O) groups is 1. The molecule has 16 heavy (non-hydrogen) atoms. The van der Waals surface area contributed by atoms with Gasteiger partial charge >= 0.3 is 0 Å². The zero-order chi connectivity index (χ0) is 11.7. The second-order valence-corrected chi connectivity index (χ2v) is 4.08. The lowest BCUT2D eigenvalue weighted by molar-refractivity contribution is -0.117. The van der Waals surface area contributed by atoms with E-state index in [2.05, 4.69) is 15.9 Å². The van der Waals surface area contributed by atoms with Crippen molar-refractivity contribution in [1.29, 1.82) is 0 Å². The zero-order valence-corrected chi connectivity index (χ0v) is 9.66. The van der Waals surface area contributed by atoms with E-state index in [0.29, 0.717) is 18.7 Å². The third-order valence-electron chi connectivity index (χ3n) is 2.35. The molecule has 1 atom stereocenters. The first kappa shape index (κ1) is 11.2. The van der Waals surface area contributed by atoms with E-state index in [0.717, 1.165) is 0 Å². The van der Waals surface area contributed by atoms with Crippen LogP contribution in [0.15, 0.2) is 6.20 Å². The molecule has 0 spiro atoms. The van der Waals surface area contributed by atoms with Gasteiger partial charge in [0.2, 0.25) is 11.2 Å². The number of carbonyl (C=O) groups excluding carboxylic acids is 1. The Kier molecular flexibility index (Phi) is 2.99. The number of amides is 1. The van der Waals surface area contributed by atoms with Crippen LogP contribution in [0.2, 0.25) is 10.4 Å². The number of halogens is 2. The fourth-order valence-electron chi connectivity index (χ4n) is 1.57. The minimum atomic E-state index is -0.0840. The Morgan fingerprint density at radius 3 is 2.88 bits per heavy atom. The summed E-state index contributed by atoms with van der Waals surface area (Å²) >= 11 is 11.5. The number of rotatable bonds is 1. The molecule has 0 N–H and O–H groups in total. The smallest absolute Gasteiger partial charge is 0.228 e. The molecule has 1 aromatic rings. The Morgan fingerprint density at radius 2 is 2.31 bits per heavy atom. The predicted molar refractivity (Wildman–Crippen MR) is 61.3 cm³/mol. The molecule has 0 aromatic carbocycles. The summed E-state index contributed by atoms with van der Waals surface area (Å²) in [7, 11) is 0. The van der Waals surface area contributed by atoms with Crippen LogP contribution in [0.3, 0.4) is 0 Å². The van der Waals surface area contributed by atoms with Crippen LogP contribution >= 0.6 is 23.2 Å². The summed E-state index contributed by atoms with van der Waals surface area (Å²) in [6, 6.07) is 0. The number of nitrogens with zero attached hydrogens (tertiary/aromatic N) is 3. The Bertz CT molecular complexity index is 483. The van der Waals surface area contributed by atoms with Crippen molar-refractivity contribution in [3.05, 3.63) is 16.6 Å². The van der Waals surface area contributed by atoms with Crippen LogP contribution in [0.1, 0.15) is 6.42 Å². The SMILES string of the molecule is C#CC1CC(=O)N(c2cnc(Cl)nc2Cl)C1. The van der Waals surface area contributed by atoms with Crippen molar-refractivity contribution in [2.45, 2.75) is 6.42 Å². The standard InChI is InChI=1S/C10H7Cl2N3O/c1-2-6-3-8(16)15(5-6)7-4-13-10(12)14-9(7)11/h1,4,6H,3,5H2. The summed E-state index contributed by atoms with van der Waals surface area (Å²) in [5.74, 6) is 2.40. The second-order valence-electron chi connectivity index (χ2n) is 3.39. The molecule has 6 heteroatoms. The van der Waals surface area contributed by atoms with Crippen molar-refractivity contribution in [1.82, 2.24) is 9.97 Å². The third-order valence-corrected chi connectivity index (χ3v) is 2.81. The van der Waals surface area contributed by atoms with E-state index in [9.17, 15) is 4.79 Å². The van der Waals surface area contributed by atoms with Gasteiger partial charge in [0.1, 0.15) is 5.69 Å². The lowest BCUT2D eigenvalue weighted by Crippen LogP contribution is -2.25. The lowest BCUT2D eigenvalue weighted by atomic mass is 10.1. The van der Waals surface area contributed by atoms with E-state index in [1.165, 1.54) is 11.1 Å². The van der Waals surface area contributed by atoms with Gasteiger partial charge in [-0.3, -0.25) is 4.79 Å². The van der Waals surface area contributed by atoms with Gasteiger partial charge in [-0.05, 0) is 11.6 Å². The highest BCUT2D eigenvalue weighted by Gasteiger charge is 2.31. The molecule has 0 aliphatic carbocycles. The minimum Gasteiger partial charge on any atom is -0.307 e. The van der Waals surface area contributed by atoms with E-state index < -0.39 is 0 Å². The van der Waals surface area contributed by atoms with Gasteiger partial charge in [-0.1, -0.05) is 11.6 Å². The molecular weight excluding hydrogens is 249 g/mol. The molecule has 0 bridgehead atoms. The first-order valence-electron chi connectivity index (χ1n) is 4.56. The molecule has 1 fully saturated rings. The van der Waals surface area contributed by atoms with E-state index in [1.54, 1.807) is 0 Å². The van der Waals surface area contributed by atoms with Gasteiger partial charge in [0.05, 0.1) is 6.20 Å². The molecule has 82 valence electrons. The largest absolute Gasteiger partial charge is 0.307 e. The van der Waals surface area contributed by atoms with Crippen molar-refractivity contribution in [2.75, 3.05) is 11.4 Å². The second kappa shape index (κ2) is 4.28. The normalized spacial score (nSPS) is 19.9. The zero-order valence-electron chi connectivity index (χ0n) is 8.15. The lowest BCUT2D eigenvalue weighted by Gasteiger charge is -2.16. The molecule has 0 radical (unpaired) electrons. The van der Waals surface area contributed by atoms with Crippen LogP contribution in [-0.4, -0.2) is 22.4 Å². The first-order valence-corrected chi connectivity index (χ1v) is 5.32. The molecule has 1 unspecified atom stereocenters. The molecular formula is C10H7Cl2N3O. The van der Waals surface area contributed by atoms with Gasteiger partial charge in [-0.15, -0.1) is 12.3 Å². The maximum absolute atomic E-state index is 11.7. The van der Waals surface area contributed by atoms with Crippen LogP contribution < -0.4 is 4.90 Å². The van der Waals surface area contributed by atoms with Crippen molar-refractivity contribution < 1.29 is 4.79 Å². The molecule has 2 rings (SSSR count). The van der Waals surface area contributed by atoms with Crippen LogP contribution in [0.25, 0.3) is 0 Å². The molecule has 0 saturated carbocycles. The average Bonchev–Trinajstić information content (AvgIpc) is 2.60. The van der Waals surface area contributed by atoms with Gasteiger partial charge in [-0.2, -0.15) is 0 Å². The van der Waals surface area contributed by atoms with Crippen LogP contribution in [0.4, 0.5) is 5.69 Å². The molecule has 4 nitrogen and oxygen atoms in total. The first-order chi connectivity index (χ1) is 7.61. The highest BCUT2D eigenvalue weighted by atomic mass is 35.5. The van der Waals surface area contributed by atoms with Gasteiger partial charge in [0.15, 0.2) is 5.15 Å². The molecule has 2 heterocycles. The highest BCUT2D eigenvalue weighted by molar-refractivity contribution is 6.34. The van der Waals surface area contributed by atoms with Crippen molar-refractivity contribution in [3.8, 4) is 12.3 Å². The number of aromatic nitrogens is 2. The number of hydrogen-bond donors (Lipinski definition) is 0. The van der Waals surface area contributed by atoms with Gasteiger partial charge in [0, 0.05) is 18.9 Å². The fourth-order valence-corrected chi connectivity index (χ4v) is 1.98. The third kappa shape index (κ3) is 1.97. The van der Waals surface area contributed by atoms with Crippen molar-refractivity contribution in [3.63, 3.8) is 0 Å². The van der Waals surface area contributed by atoms with E-state index >= 15 is 0 Å². The maximum Gasteiger partial charge on any atom is 0.228 e. The Hall–Kier alpha value is -1.31. The highest BCUT2D eigenvalue weighted by Crippen LogP contribution is 2.29. The maximum atomic E-state index is 11.7. The molecule has 1 aliphatic heterocycles.